The summed E-state index contributed by atoms with van der Waals surface area (Å²) in [5.41, 5.74) is 0. The summed E-state index contributed by atoms with van der Waals surface area (Å²) in [7, 11) is 1.83. The zero-order chi connectivity index (χ0) is 15.1. The average Bonchev–Trinajstić information content (AvgIpc) is 2.68. The Morgan fingerprint density at radius 1 is 1.65 bits per heavy atom. The highest BCUT2D eigenvalue weighted by Gasteiger charge is 2.17. The molecule has 8 nitrogen and oxygen atoms in total. The lowest BCUT2D eigenvalue weighted by Crippen LogP contribution is -2.32. The fourth-order valence-corrected chi connectivity index (χ4v) is 2.03. The second-order valence-corrected chi connectivity index (χ2v) is 4.94. The van der Waals surface area contributed by atoms with E-state index in [2.05, 4.69) is 5.16 Å². The van der Waals surface area contributed by atoms with Gasteiger partial charge >= 0.3 is 5.82 Å². The number of ether oxygens (including phenoxy) is 1. The van der Waals surface area contributed by atoms with Crippen molar-refractivity contribution in [2.24, 2.45) is 18.1 Å². The van der Waals surface area contributed by atoms with Gasteiger partial charge in [-0.25, -0.2) is 9.13 Å². The lowest BCUT2D eigenvalue weighted by Gasteiger charge is -2.14. The average molecular weight is 285 g/mol. The summed E-state index contributed by atoms with van der Waals surface area (Å²) in [4.78, 5) is 10.1. The van der Waals surface area contributed by atoms with E-state index >= 15 is 0 Å². The first-order valence-corrected chi connectivity index (χ1v) is 6.39. The van der Waals surface area contributed by atoms with Gasteiger partial charge in [-0.3, -0.25) is 10.1 Å². The molecule has 2 unspecified atom stereocenters. The Labute approximate surface area is 117 Å². The molecule has 0 spiro atoms. The maximum Gasteiger partial charge on any atom is 0.305 e. The molecule has 0 fully saturated rings. The van der Waals surface area contributed by atoms with Crippen LogP contribution in [0.5, 0.6) is 0 Å². The van der Waals surface area contributed by atoms with E-state index in [4.69, 9.17) is 9.94 Å². The van der Waals surface area contributed by atoms with Gasteiger partial charge in [-0.1, -0.05) is 12.1 Å². The predicted molar refractivity (Wildman–Crippen MR) is 71.2 cm³/mol. The Kier molecular flexibility index (Phi) is 6.10. The topological polar surface area (TPSA) is 93.8 Å². The van der Waals surface area contributed by atoms with Gasteiger partial charge in [0.15, 0.2) is 12.9 Å². The van der Waals surface area contributed by atoms with Crippen LogP contribution < -0.4 is 4.57 Å². The zero-order valence-corrected chi connectivity index (χ0v) is 12.0. The smallest absolute Gasteiger partial charge is 0.305 e. The number of aryl methyl sites for hydroxylation is 1. The van der Waals surface area contributed by atoms with Crippen LogP contribution in [0.4, 0.5) is 0 Å². The molecule has 1 aromatic heterocycles. The molecule has 112 valence electrons. The monoisotopic (exact) mass is 285 g/mol. The van der Waals surface area contributed by atoms with E-state index in [1.54, 1.807) is 9.13 Å². The summed E-state index contributed by atoms with van der Waals surface area (Å²) in [6.07, 6.45) is 5.49. The first kappa shape index (κ1) is 16.1. The first-order valence-electron chi connectivity index (χ1n) is 6.39. The Balaban J connectivity index is 2.48. The van der Waals surface area contributed by atoms with Crippen LogP contribution in [0.15, 0.2) is 17.5 Å². The van der Waals surface area contributed by atoms with E-state index in [0.29, 0.717) is 19.0 Å². The number of oxime groups is 1. The zero-order valence-electron chi connectivity index (χ0n) is 12.0. The number of nitro groups is 1. The minimum atomic E-state index is -0.306. The third-order valence-electron chi connectivity index (χ3n) is 2.99. The van der Waals surface area contributed by atoms with Gasteiger partial charge in [0.05, 0.1) is 13.2 Å². The van der Waals surface area contributed by atoms with Crippen molar-refractivity contribution in [1.82, 2.24) is 4.57 Å². The van der Waals surface area contributed by atoms with Crippen molar-refractivity contribution in [1.29, 1.82) is 0 Å². The van der Waals surface area contributed by atoms with E-state index in [1.165, 1.54) is 6.21 Å². The molecule has 0 aliphatic rings. The number of aromatic nitrogens is 2. The van der Waals surface area contributed by atoms with E-state index in [1.807, 2.05) is 33.3 Å². The Morgan fingerprint density at radius 3 is 2.95 bits per heavy atom. The molecule has 0 aromatic carbocycles. The van der Waals surface area contributed by atoms with Crippen LogP contribution in [0.2, 0.25) is 0 Å². The molecule has 1 heterocycles. The molecule has 8 heteroatoms. The molecule has 1 rings (SSSR count). The van der Waals surface area contributed by atoms with E-state index in [-0.39, 0.29) is 23.5 Å². The molecule has 0 amide bonds. The normalized spacial score (nSPS) is 14.6. The molecular formula is C12H21N4O4+. The number of nitrogens with zero attached hydrogens (tertiary/aromatic N) is 4. The van der Waals surface area contributed by atoms with Crippen molar-refractivity contribution in [2.75, 3.05) is 6.54 Å². The van der Waals surface area contributed by atoms with E-state index in [9.17, 15) is 10.1 Å². The van der Waals surface area contributed by atoms with Gasteiger partial charge in [-0.2, -0.15) is 0 Å². The number of hydrogen-bond acceptors (Lipinski definition) is 5. The maximum atomic E-state index is 10.4. The largest absolute Gasteiger partial charge is 0.411 e. The van der Waals surface area contributed by atoms with Crippen molar-refractivity contribution < 1.29 is 19.4 Å². The van der Waals surface area contributed by atoms with Crippen LogP contribution in [0.3, 0.4) is 0 Å². The third kappa shape index (κ3) is 4.96. The molecule has 1 aromatic rings. The van der Waals surface area contributed by atoms with Gasteiger partial charge in [0, 0.05) is 10.8 Å². The van der Waals surface area contributed by atoms with Crippen molar-refractivity contribution in [3.05, 3.63) is 28.3 Å². The summed E-state index contributed by atoms with van der Waals surface area (Å²) >= 11 is 0. The quantitative estimate of drug-likeness (QED) is 0.251. The van der Waals surface area contributed by atoms with E-state index in [0.717, 1.165) is 0 Å². The summed E-state index contributed by atoms with van der Waals surface area (Å²) in [6, 6.07) is 0. The second kappa shape index (κ2) is 7.59. The van der Waals surface area contributed by atoms with Gasteiger partial charge in [0.2, 0.25) is 6.54 Å². The third-order valence-corrected chi connectivity index (χ3v) is 2.99. The molecule has 0 bridgehead atoms. The van der Waals surface area contributed by atoms with Crippen molar-refractivity contribution in [3.63, 3.8) is 0 Å². The SMILES string of the molecule is CC(CC(C)OCn1cc[n+](C)c1/C=N\O)C[N+](=O)[O-]. The van der Waals surface area contributed by atoms with Crippen molar-refractivity contribution in [2.45, 2.75) is 33.1 Å². The van der Waals surface area contributed by atoms with Crippen LogP contribution >= 0.6 is 0 Å². The highest BCUT2D eigenvalue weighted by Crippen LogP contribution is 2.10. The summed E-state index contributed by atoms with van der Waals surface area (Å²) in [6.45, 7) is 3.98. The molecule has 20 heavy (non-hydrogen) atoms. The van der Waals surface area contributed by atoms with Crippen molar-refractivity contribution in [3.8, 4) is 0 Å². The minimum absolute atomic E-state index is 0.0285. The molecule has 2 atom stereocenters. The first-order chi connectivity index (χ1) is 9.43. The van der Waals surface area contributed by atoms with Crippen LogP contribution in [0, 0.1) is 16.0 Å². The van der Waals surface area contributed by atoms with Gasteiger partial charge in [-0.15, -0.1) is 0 Å². The molecule has 0 saturated carbocycles. The lowest BCUT2D eigenvalue weighted by molar-refractivity contribution is -0.672. The van der Waals surface area contributed by atoms with Gasteiger partial charge in [0.1, 0.15) is 12.4 Å². The summed E-state index contributed by atoms with van der Waals surface area (Å²) < 4.78 is 9.25. The molecule has 0 aliphatic carbocycles. The van der Waals surface area contributed by atoms with Gasteiger partial charge < -0.3 is 9.94 Å². The number of imidazole rings is 1. The van der Waals surface area contributed by atoms with Gasteiger partial charge in [-0.05, 0) is 13.3 Å². The van der Waals surface area contributed by atoms with Crippen LogP contribution in [0.25, 0.3) is 0 Å². The summed E-state index contributed by atoms with van der Waals surface area (Å²) in [5, 5.41) is 22.0. The van der Waals surface area contributed by atoms with E-state index < -0.39 is 0 Å². The fraction of sp³-hybridized carbons (Fsp3) is 0.667. The predicted octanol–water partition coefficient (Wildman–Crippen LogP) is 0.786. The highest BCUT2D eigenvalue weighted by molar-refractivity contribution is 5.72. The highest BCUT2D eigenvalue weighted by atomic mass is 16.6. The molecule has 1 N–H and O–H groups in total. The molecule has 0 radical (unpaired) electrons. The molecule has 0 saturated heterocycles. The number of rotatable bonds is 8. The lowest BCUT2D eigenvalue weighted by atomic mass is 10.1. The Hall–Kier alpha value is -1.96. The minimum Gasteiger partial charge on any atom is -0.411 e. The van der Waals surface area contributed by atoms with Crippen molar-refractivity contribution >= 4 is 6.21 Å². The number of hydrogen-bond donors (Lipinski definition) is 1. The summed E-state index contributed by atoms with van der Waals surface area (Å²) in [5.74, 6) is 0.664. The fourth-order valence-electron chi connectivity index (χ4n) is 2.03. The standard InChI is InChI=1S/C12H20N4O4/c1-10(8-16(18)19)6-11(2)20-9-15-5-4-14(3)12(15)7-13-17/h4-5,7,10-11H,6,8-9H2,1-3H3/p+1. The Morgan fingerprint density at radius 2 is 2.35 bits per heavy atom. The van der Waals surface area contributed by atoms with Crippen LogP contribution in [0.1, 0.15) is 26.1 Å². The Bertz CT molecular complexity index is 472. The molecular weight excluding hydrogens is 264 g/mol. The van der Waals surface area contributed by atoms with Crippen LogP contribution in [-0.2, 0) is 18.5 Å². The van der Waals surface area contributed by atoms with Gasteiger partial charge in [0.25, 0.3) is 0 Å². The second-order valence-electron chi connectivity index (χ2n) is 4.94. The molecule has 0 aliphatic heterocycles. The van der Waals surface area contributed by atoms with Crippen LogP contribution in [-0.4, -0.2) is 33.6 Å². The maximum absolute atomic E-state index is 10.4.